The molecule has 0 spiro atoms. The van der Waals surface area contributed by atoms with Crippen molar-refractivity contribution in [2.24, 2.45) is 5.92 Å². The molecule has 0 bridgehead atoms. The third kappa shape index (κ3) is 2.11. The molecule has 1 aromatic heterocycles. The van der Waals surface area contributed by atoms with Gasteiger partial charge in [0.1, 0.15) is 5.82 Å². The summed E-state index contributed by atoms with van der Waals surface area (Å²) < 4.78 is 13.2. The van der Waals surface area contributed by atoms with Gasteiger partial charge in [0.15, 0.2) is 0 Å². The van der Waals surface area contributed by atoms with Gasteiger partial charge in [-0.1, -0.05) is 20.8 Å². The Balaban J connectivity index is 2.40. The van der Waals surface area contributed by atoms with Gasteiger partial charge in [-0.15, -0.1) is 0 Å². The molecule has 86 valence electrons. The van der Waals surface area contributed by atoms with Crippen molar-refractivity contribution in [2.45, 2.75) is 33.1 Å². The number of H-pyrrole nitrogens is 1. The van der Waals surface area contributed by atoms with Crippen molar-refractivity contribution in [1.29, 1.82) is 0 Å². The van der Waals surface area contributed by atoms with E-state index in [0.29, 0.717) is 11.8 Å². The lowest BCUT2D eigenvalue weighted by atomic mass is 9.92. The van der Waals surface area contributed by atoms with E-state index in [9.17, 15) is 4.39 Å². The molecule has 0 amide bonds. The molecule has 0 saturated heterocycles. The Morgan fingerprint density at radius 3 is 2.69 bits per heavy atom. The summed E-state index contributed by atoms with van der Waals surface area (Å²) >= 11 is 0. The fraction of sp³-hybridized carbons (Fsp3) is 0.429. The highest BCUT2D eigenvalue weighted by Gasteiger charge is 2.13. The molecule has 0 aliphatic carbocycles. The van der Waals surface area contributed by atoms with E-state index in [1.54, 1.807) is 12.1 Å². The van der Waals surface area contributed by atoms with Crippen molar-refractivity contribution >= 4 is 10.9 Å². The van der Waals surface area contributed by atoms with E-state index in [0.717, 1.165) is 17.3 Å². The molecule has 1 N–H and O–H groups in total. The van der Waals surface area contributed by atoms with Gasteiger partial charge < -0.3 is 4.98 Å². The minimum absolute atomic E-state index is 0.162. The van der Waals surface area contributed by atoms with Crippen LogP contribution in [0.25, 0.3) is 10.9 Å². The predicted octanol–water partition coefficient (Wildman–Crippen LogP) is 4.46. The van der Waals surface area contributed by atoms with Gasteiger partial charge >= 0.3 is 0 Å². The summed E-state index contributed by atoms with van der Waals surface area (Å²) in [5.41, 5.74) is 2.25. The van der Waals surface area contributed by atoms with Crippen LogP contribution in [0.1, 0.15) is 38.7 Å². The number of rotatable bonds is 3. The first-order valence-corrected chi connectivity index (χ1v) is 5.84. The lowest BCUT2D eigenvalue weighted by molar-refractivity contribution is 0.525. The summed E-state index contributed by atoms with van der Waals surface area (Å²) in [5.74, 6) is 0.967. The molecule has 1 aromatic carbocycles. The largest absolute Gasteiger partial charge is 0.361 e. The number of fused-ring (bicyclic) bond motifs is 1. The maximum absolute atomic E-state index is 13.2. The number of hydrogen-bond acceptors (Lipinski definition) is 0. The normalized spacial score (nSPS) is 13.6. The lowest BCUT2D eigenvalue weighted by Crippen LogP contribution is -1.97. The van der Waals surface area contributed by atoms with Gasteiger partial charge in [0.2, 0.25) is 0 Å². The second-order valence-electron chi connectivity index (χ2n) is 4.96. The highest BCUT2D eigenvalue weighted by atomic mass is 19.1. The van der Waals surface area contributed by atoms with Crippen LogP contribution in [0.2, 0.25) is 0 Å². The van der Waals surface area contributed by atoms with E-state index in [1.807, 2.05) is 6.20 Å². The van der Waals surface area contributed by atoms with Crippen molar-refractivity contribution in [3.05, 3.63) is 35.8 Å². The summed E-state index contributed by atoms with van der Waals surface area (Å²) in [6.07, 6.45) is 3.14. The molecule has 0 saturated carbocycles. The number of hydrogen-bond donors (Lipinski definition) is 1. The molecule has 0 fully saturated rings. The van der Waals surface area contributed by atoms with Gasteiger partial charge in [-0.2, -0.15) is 0 Å². The van der Waals surface area contributed by atoms with E-state index in [4.69, 9.17) is 0 Å². The fourth-order valence-electron chi connectivity index (χ4n) is 2.36. The first kappa shape index (κ1) is 11.2. The van der Waals surface area contributed by atoms with Crippen molar-refractivity contribution in [3.8, 4) is 0 Å². The van der Waals surface area contributed by atoms with Crippen LogP contribution in [0.15, 0.2) is 24.4 Å². The second kappa shape index (κ2) is 4.28. The van der Waals surface area contributed by atoms with Crippen LogP contribution in [0, 0.1) is 11.7 Å². The van der Waals surface area contributed by atoms with Crippen molar-refractivity contribution in [1.82, 2.24) is 4.98 Å². The predicted molar refractivity (Wildman–Crippen MR) is 66.1 cm³/mol. The Bertz CT molecular complexity index is 484. The standard InChI is InChI=1S/C14H18FN/c1-9(2)6-10(3)13-8-16-14-5-4-11(15)7-12(13)14/h4-5,7-10,16H,6H2,1-3H3. The molecule has 1 atom stereocenters. The van der Waals surface area contributed by atoms with Gasteiger partial charge in [0.05, 0.1) is 0 Å². The summed E-state index contributed by atoms with van der Waals surface area (Å²) in [6.45, 7) is 6.63. The number of aromatic nitrogens is 1. The molecule has 0 aliphatic heterocycles. The topological polar surface area (TPSA) is 15.8 Å². The van der Waals surface area contributed by atoms with E-state index in [1.165, 1.54) is 11.6 Å². The number of aromatic amines is 1. The maximum atomic E-state index is 13.2. The van der Waals surface area contributed by atoms with Crippen LogP contribution in [0.3, 0.4) is 0 Å². The lowest BCUT2D eigenvalue weighted by Gasteiger charge is -2.13. The van der Waals surface area contributed by atoms with Crippen LogP contribution in [-0.4, -0.2) is 4.98 Å². The molecule has 16 heavy (non-hydrogen) atoms. The van der Waals surface area contributed by atoms with Crippen molar-refractivity contribution in [2.75, 3.05) is 0 Å². The van der Waals surface area contributed by atoms with E-state index < -0.39 is 0 Å². The number of nitrogens with one attached hydrogen (secondary N) is 1. The van der Waals surface area contributed by atoms with Gasteiger partial charge in [0.25, 0.3) is 0 Å². The molecule has 0 aliphatic rings. The SMILES string of the molecule is CC(C)CC(C)c1c[nH]c2ccc(F)cc12. The molecule has 2 aromatic rings. The third-order valence-corrected chi connectivity index (χ3v) is 3.03. The Hall–Kier alpha value is -1.31. The molecule has 1 nitrogen and oxygen atoms in total. The van der Waals surface area contributed by atoms with Gasteiger partial charge in [-0.25, -0.2) is 4.39 Å². The minimum atomic E-state index is -0.162. The molecule has 1 unspecified atom stereocenters. The van der Waals surface area contributed by atoms with Crippen LogP contribution >= 0.6 is 0 Å². The molecule has 2 rings (SSSR count). The first-order chi connectivity index (χ1) is 7.58. The van der Waals surface area contributed by atoms with E-state index >= 15 is 0 Å². The van der Waals surface area contributed by atoms with Crippen molar-refractivity contribution < 1.29 is 4.39 Å². The summed E-state index contributed by atoms with van der Waals surface area (Å²) in [4.78, 5) is 3.20. The quantitative estimate of drug-likeness (QED) is 0.784. The van der Waals surface area contributed by atoms with Crippen LogP contribution in [0.4, 0.5) is 4.39 Å². The number of halogens is 1. The van der Waals surface area contributed by atoms with E-state index in [2.05, 4.69) is 25.8 Å². The van der Waals surface area contributed by atoms with E-state index in [-0.39, 0.29) is 5.82 Å². The van der Waals surface area contributed by atoms with Crippen LogP contribution in [0.5, 0.6) is 0 Å². The minimum Gasteiger partial charge on any atom is -0.361 e. The summed E-state index contributed by atoms with van der Waals surface area (Å²) in [7, 11) is 0. The average molecular weight is 219 g/mol. The number of benzene rings is 1. The fourth-order valence-corrected chi connectivity index (χ4v) is 2.36. The van der Waals surface area contributed by atoms with Crippen LogP contribution in [-0.2, 0) is 0 Å². The molecule has 0 radical (unpaired) electrons. The smallest absolute Gasteiger partial charge is 0.123 e. The maximum Gasteiger partial charge on any atom is 0.123 e. The highest BCUT2D eigenvalue weighted by molar-refractivity contribution is 5.83. The highest BCUT2D eigenvalue weighted by Crippen LogP contribution is 2.30. The average Bonchev–Trinajstić information content (AvgIpc) is 2.59. The molecular formula is C14H18FN. The zero-order valence-electron chi connectivity index (χ0n) is 10.0. The van der Waals surface area contributed by atoms with Gasteiger partial charge in [-0.05, 0) is 42.0 Å². The van der Waals surface area contributed by atoms with Crippen LogP contribution < -0.4 is 0 Å². The zero-order valence-corrected chi connectivity index (χ0v) is 10.0. The molecule has 2 heteroatoms. The van der Waals surface area contributed by atoms with Gasteiger partial charge in [-0.3, -0.25) is 0 Å². The Kier molecular flexibility index (Phi) is 2.99. The van der Waals surface area contributed by atoms with Crippen molar-refractivity contribution in [3.63, 3.8) is 0 Å². The third-order valence-electron chi connectivity index (χ3n) is 3.03. The van der Waals surface area contributed by atoms with Gasteiger partial charge in [0, 0.05) is 17.1 Å². The Morgan fingerprint density at radius 1 is 1.25 bits per heavy atom. The molecular weight excluding hydrogens is 201 g/mol. The second-order valence-corrected chi connectivity index (χ2v) is 4.96. The zero-order chi connectivity index (χ0) is 11.7. The monoisotopic (exact) mass is 219 g/mol. The summed E-state index contributed by atoms with van der Waals surface area (Å²) in [6, 6.07) is 4.92. The Morgan fingerprint density at radius 2 is 2.00 bits per heavy atom. The summed E-state index contributed by atoms with van der Waals surface area (Å²) in [5, 5.41) is 1.02. The molecule has 1 heterocycles. The first-order valence-electron chi connectivity index (χ1n) is 5.84. The Labute approximate surface area is 95.7 Å².